The number of esters is 1. The zero-order chi connectivity index (χ0) is 21.3. The first-order valence-electron chi connectivity index (χ1n) is 7.88. The molecule has 0 fully saturated rings. The van der Waals surface area contributed by atoms with Gasteiger partial charge < -0.3 is 4.74 Å². The number of methoxy groups -OCH3 is 1. The number of ketones is 1. The number of aromatic nitrogens is 1. The van der Waals surface area contributed by atoms with Crippen LogP contribution in [0.5, 0.6) is 0 Å². The van der Waals surface area contributed by atoms with Crippen molar-refractivity contribution in [3.63, 3.8) is 0 Å². The smallest absolute Gasteiger partial charge is 0.340 e. The minimum Gasteiger partial charge on any atom is -0.465 e. The van der Waals surface area contributed by atoms with Gasteiger partial charge in [0.15, 0.2) is 5.83 Å². The maximum absolute atomic E-state index is 14.9. The number of nitrogens with zero attached hydrogens (tertiary/aromatic N) is 1. The highest BCUT2D eigenvalue weighted by molar-refractivity contribution is 7.17. The zero-order valence-corrected chi connectivity index (χ0v) is 16.8. The number of pyridine rings is 1. The van der Waals surface area contributed by atoms with Gasteiger partial charge in [0.25, 0.3) is 6.43 Å². The fraction of sp³-hybridized carbons (Fsp3) is 0.105. The number of carbonyl (C=O) groups is 2. The van der Waals surface area contributed by atoms with Crippen molar-refractivity contribution >= 4 is 62.0 Å². The molecule has 0 N–H and O–H groups in total. The lowest BCUT2D eigenvalue weighted by Crippen LogP contribution is -2.11. The minimum absolute atomic E-state index is 0.00658. The summed E-state index contributed by atoms with van der Waals surface area (Å²) in [4.78, 5) is 28.4. The average Bonchev–Trinajstić information content (AvgIpc) is 3.14. The Morgan fingerprint density at radius 2 is 1.83 bits per heavy atom. The number of thiophene rings is 1. The molecule has 0 bridgehead atoms. The molecule has 0 radical (unpaired) electrons. The van der Waals surface area contributed by atoms with Crippen LogP contribution in [0.3, 0.4) is 0 Å². The van der Waals surface area contributed by atoms with Gasteiger partial charge in [-0.2, -0.15) is 0 Å². The highest BCUT2D eigenvalue weighted by atomic mass is 35.5. The second-order valence-electron chi connectivity index (χ2n) is 5.69. The summed E-state index contributed by atoms with van der Waals surface area (Å²) in [6, 6.07) is 4.97. The van der Waals surface area contributed by atoms with Crippen LogP contribution in [0, 0.1) is 0 Å². The van der Waals surface area contributed by atoms with Crippen molar-refractivity contribution < 1.29 is 27.5 Å². The molecule has 0 atom stereocenters. The fourth-order valence-corrected chi connectivity index (χ4v) is 4.11. The molecule has 4 nitrogen and oxygen atoms in total. The SMILES string of the molecule is COC(=O)c1cnc(C(=O)/C(F)=C(\c2cc(Cl)cc(Cl)c2)C(F)F)c2sccc12. The maximum Gasteiger partial charge on any atom is 0.340 e. The molecular weight excluding hydrogens is 450 g/mol. The summed E-state index contributed by atoms with van der Waals surface area (Å²) in [6.07, 6.45) is -2.28. The van der Waals surface area contributed by atoms with Crippen LogP contribution in [0.25, 0.3) is 15.7 Å². The van der Waals surface area contributed by atoms with E-state index < -0.39 is 35.3 Å². The molecule has 29 heavy (non-hydrogen) atoms. The van der Waals surface area contributed by atoms with Crippen LogP contribution in [-0.2, 0) is 4.74 Å². The van der Waals surface area contributed by atoms with Crippen molar-refractivity contribution in [2.75, 3.05) is 7.11 Å². The van der Waals surface area contributed by atoms with E-state index in [9.17, 15) is 22.8 Å². The number of allylic oxidation sites excluding steroid dienone is 2. The number of ether oxygens (including phenoxy) is 1. The van der Waals surface area contributed by atoms with Gasteiger partial charge in [-0.25, -0.2) is 18.0 Å². The molecule has 0 spiro atoms. The zero-order valence-electron chi connectivity index (χ0n) is 14.5. The number of halogens is 5. The van der Waals surface area contributed by atoms with Crippen molar-refractivity contribution in [2.45, 2.75) is 6.43 Å². The number of carbonyl (C=O) groups excluding carboxylic acids is 2. The molecule has 0 aliphatic carbocycles. The van der Waals surface area contributed by atoms with Gasteiger partial charge in [0, 0.05) is 21.6 Å². The summed E-state index contributed by atoms with van der Waals surface area (Å²) < 4.78 is 47.0. The molecule has 1 aromatic carbocycles. The summed E-state index contributed by atoms with van der Waals surface area (Å²) in [5.74, 6) is -3.73. The molecule has 0 amide bonds. The molecule has 2 heterocycles. The number of Topliss-reactive ketones (excluding diaryl/α,β-unsaturated/α-hetero) is 1. The summed E-state index contributed by atoms with van der Waals surface area (Å²) in [6.45, 7) is 0. The van der Waals surface area contributed by atoms with Crippen LogP contribution in [0.2, 0.25) is 10.0 Å². The van der Waals surface area contributed by atoms with Gasteiger partial charge in [-0.15, -0.1) is 11.3 Å². The van der Waals surface area contributed by atoms with Crippen molar-refractivity contribution in [1.82, 2.24) is 4.98 Å². The number of rotatable bonds is 5. The lowest BCUT2D eigenvalue weighted by atomic mass is 10.0. The molecule has 0 aliphatic heterocycles. The van der Waals surface area contributed by atoms with Crippen LogP contribution in [-0.4, -0.2) is 30.3 Å². The van der Waals surface area contributed by atoms with E-state index in [1.807, 2.05) is 0 Å². The number of fused-ring (bicyclic) bond motifs is 1. The van der Waals surface area contributed by atoms with Crippen LogP contribution < -0.4 is 0 Å². The number of hydrogen-bond acceptors (Lipinski definition) is 5. The van der Waals surface area contributed by atoms with Gasteiger partial charge in [0.2, 0.25) is 5.78 Å². The Hall–Kier alpha value is -2.42. The van der Waals surface area contributed by atoms with Crippen molar-refractivity contribution in [2.24, 2.45) is 0 Å². The Bertz CT molecular complexity index is 1140. The Labute approximate surface area is 176 Å². The van der Waals surface area contributed by atoms with E-state index in [-0.39, 0.29) is 25.9 Å². The van der Waals surface area contributed by atoms with Gasteiger partial charge in [-0.1, -0.05) is 23.2 Å². The number of alkyl halides is 2. The average molecular weight is 460 g/mol. The Kier molecular flexibility index (Phi) is 6.26. The van der Waals surface area contributed by atoms with E-state index >= 15 is 0 Å². The maximum atomic E-state index is 14.9. The monoisotopic (exact) mass is 459 g/mol. The predicted octanol–water partition coefficient (Wildman–Crippen LogP) is 6.22. The third-order valence-electron chi connectivity index (χ3n) is 3.94. The minimum atomic E-state index is -3.32. The third kappa shape index (κ3) is 4.14. The van der Waals surface area contributed by atoms with Crippen LogP contribution >= 0.6 is 34.5 Å². The van der Waals surface area contributed by atoms with E-state index in [4.69, 9.17) is 23.2 Å². The normalized spacial score (nSPS) is 12.2. The molecule has 0 unspecified atom stereocenters. The predicted molar refractivity (Wildman–Crippen MR) is 106 cm³/mol. The van der Waals surface area contributed by atoms with E-state index in [2.05, 4.69) is 9.72 Å². The number of benzene rings is 1. The Balaban J connectivity index is 2.18. The second kappa shape index (κ2) is 8.52. The van der Waals surface area contributed by atoms with Gasteiger partial charge in [0.05, 0.1) is 22.9 Å². The molecule has 10 heteroatoms. The van der Waals surface area contributed by atoms with Gasteiger partial charge >= 0.3 is 5.97 Å². The van der Waals surface area contributed by atoms with E-state index in [0.717, 1.165) is 29.7 Å². The molecule has 3 rings (SSSR count). The standard InChI is InChI=1S/C19H10Cl2F3NO3S/c1-28-19(27)12-7-25-15(17-11(12)2-3-29-17)16(26)14(22)13(18(23)24)8-4-9(20)6-10(21)5-8/h2-7,18H,1H3/b14-13-. The molecule has 3 aromatic rings. The van der Waals surface area contributed by atoms with E-state index in [0.29, 0.717) is 5.39 Å². The molecule has 2 aromatic heterocycles. The van der Waals surface area contributed by atoms with Crippen LogP contribution in [0.1, 0.15) is 26.4 Å². The first-order valence-corrected chi connectivity index (χ1v) is 9.51. The fourth-order valence-electron chi connectivity index (χ4n) is 2.68. The summed E-state index contributed by atoms with van der Waals surface area (Å²) in [7, 11) is 1.17. The highest BCUT2D eigenvalue weighted by Gasteiger charge is 2.28. The lowest BCUT2D eigenvalue weighted by molar-refractivity contribution is 0.0602. The van der Waals surface area contributed by atoms with Gasteiger partial charge in [-0.05, 0) is 35.2 Å². The summed E-state index contributed by atoms with van der Waals surface area (Å²) >= 11 is 12.6. The second-order valence-corrected chi connectivity index (χ2v) is 7.48. The van der Waals surface area contributed by atoms with E-state index in [1.54, 1.807) is 5.38 Å². The molecule has 0 saturated carbocycles. The Morgan fingerprint density at radius 3 is 2.41 bits per heavy atom. The molecule has 0 saturated heterocycles. The molecular formula is C19H10Cl2F3NO3S. The lowest BCUT2D eigenvalue weighted by Gasteiger charge is -2.10. The first-order chi connectivity index (χ1) is 13.7. The van der Waals surface area contributed by atoms with Crippen LogP contribution in [0.15, 0.2) is 41.7 Å². The van der Waals surface area contributed by atoms with Crippen molar-refractivity contribution in [3.05, 3.63) is 68.5 Å². The third-order valence-corrected chi connectivity index (χ3v) is 5.30. The summed E-state index contributed by atoms with van der Waals surface area (Å²) in [5.41, 5.74) is -1.80. The first kappa shape index (κ1) is 21.3. The van der Waals surface area contributed by atoms with Gasteiger partial charge in [0.1, 0.15) is 5.69 Å². The highest BCUT2D eigenvalue weighted by Crippen LogP contribution is 2.34. The molecule has 150 valence electrons. The van der Waals surface area contributed by atoms with Crippen molar-refractivity contribution in [3.8, 4) is 0 Å². The van der Waals surface area contributed by atoms with Gasteiger partial charge in [-0.3, -0.25) is 9.78 Å². The Morgan fingerprint density at radius 1 is 1.17 bits per heavy atom. The largest absolute Gasteiger partial charge is 0.465 e. The quantitative estimate of drug-likeness (QED) is 0.258. The van der Waals surface area contributed by atoms with E-state index in [1.165, 1.54) is 19.2 Å². The summed E-state index contributed by atoms with van der Waals surface area (Å²) in [5, 5.41) is 1.87. The topological polar surface area (TPSA) is 56.3 Å². The number of hydrogen-bond donors (Lipinski definition) is 0. The van der Waals surface area contributed by atoms with Crippen molar-refractivity contribution in [1.29, 1.82) is 0 Å². The van der Waals surface area contributed by atoms with Crippen LogP contribution in [0.4, 0.5) is 13.2 Å². The molecule has 0 aliphatic rings.